The maximum absolute atomic E-state index is 11.6. The Morgan fingerprint density at radius 1 is 0.395 bits per heavy atom. The lowest BCUT2D eigenvalue weighted by atomic mass is 9.75. The molecule has 0 amide bonds. The van der Waals surface area contributed by atoms with Crippen molar-refractivity contribution < 1.29 is 5.11 Å². The topological polar surface area (TPSA) is 116 Å². The predicted molar refractivity (Wildman–Crippen MR) is 169 cm³/mol. The Bertz CT molecular complexity index is 1030. The molecule has 4 saturated carbocycles. The summed E-state index contributed by atoms with van der Waals surface area (Å²) in [5.74, 6) is 4.03. The highest BCUT2D eigenvalue weighted by Gasteiger charge is 2.57. The second kappa shape index (κ2) is 11.7. The van der Waals surface area contributed by atoms with Gasteiger partial charge in [-0.05, 0) is 86.4 Å². The number of alkyl halides is 2. The molecule has 8 bridgehead atoms. The monoisotopic (exact) mass is 636 g/mol. The maximum atomic E-state index is 11.6. The van der Waals surface area contributed by atoms with Crippen molar-refractivity contribution in [3.8, 4) is 0 Å². The lowest BCUT2D eigenvalue weighted by Gasteiger charge is -2.41. The van der Waals surface area contributed by atoms with Crippen LogP contribution in [0.25, 0.3) is 0 Å². The van der Waals surface area contributed by atoms with Gasteiger partial charge in [0, 0.05) is 5.92 Å². The first kappa shape index (κ1) is 29.4. The summed E-state index contributed by atoms with van der Waals surface area (Å²) < 4.78 is 0. The van der Waals surface area contributed by atoms with E-state index in [1.54, 1.807) is 0 Å². The number of fused-ring (bicyclic) bond motifs is 20. The molecule has 5 aliphatic heterocycles. The van der Waals surface area contributed by atoms with Crippen LogP contribution in [-0.4, -0.2) is 71.3 Å². The molecule has 242 valence electrons. The first-order chi connectivity index (χ1) is 21.0. The van der Waals surface area contributed by atoms with E-state index in [2.05, 4.69) is 42.5 Å². The molecule has 9 rings (SSSR count). The Morgan fingerprint density at radius 2 is 0.674 bits per heavy atom. The van der Waals surface area contributed by atoms with E-state index in [4.69, 9.17) is 23.2 Å². The second-order valence-corrected chi connectivity index (χ2v) is 17.0. The smallest absolute Gasteiger partial charge is 0.0777 e. The molecule has 0 aromatic heterocycles. The van der Waals surface area contributed by atoms with Crippen molar-refractivity contribution in [2.24, 2.45) is 47.3 Å². The summed E-state index contributed by atoms with van der Waals surface area (Å²) >= 11 is 13.6. The van der Waals surface area contributed by atoms with Gasteiger partial charge in [0.2, 0.25) is 0 Å². The number of nitrogens with one attached hydrogen (secondary N) is 8. The molecule has 11 heteroatoms. The standard InChI is InChI=1S/C32H54Cl2N8O/c33-21-13-20-22(24(43)23(21)34)32-41-30-19-12-6-5-11-18(19)28(39-30)37-26-15-8-2-1-7-14(15)25(35-26)36-27-16-9-3-4-10-17(16)29(38-27)40-31(20)42-32/h14-32,35-43H,1-13H2. The third kappa shape index (κ3) is 4.97. The van der Waals surface area contributed by atoms with E-state index in [9.17, 15) is 5.11 Å². The van der Waals surface area contributed by atoms with E-state index >= 15 is 0 Å². The van der Waals surface area contributed by atoms with Crippen LogP contribution in [0.4, 0.5) is 0 Å². The Balaban J connectivity index is 1.07. The molecule has 0 aromatic carbocycles. The highest BCUT2D eigenvalue weighted by Crippen LogP contribution is 2.46. The van der Waals surface area contributed by atoms with E-state index in [1.165, 1.54) is 77.0 Å². The van der Waals surface area contributed by atoms with E-state index in [1.807, 2.05) is 0 Å². The zero-order valence-corrected chi connectivity index (χ0v) is 26.9. The molecule has 0 aromatic rings. The van der Waals surface area contributed by atoms with E-state index in [0.29, 0.717) is 60.2 Å². The van der Waals surface area contributed by atoms with Gasteiger partial charge in [-0.2, -0.15) is 0 Å². The summed E-state index contributed by atoms with van der Waals surface area (Å²) in [6, 6.07) is 0. The summed E-state index contributed by atoms with van der Waals surface area (Å²) in [5.41, 5.74) is 0. The molecule has 43 heavy (non-hydrogen) atoms. The van der Waals surface area contributed by atoms with Gasteiger partial charge < -0.3 is 5.11 Å². The van der Waals surface area contributed by atoms with Gasteiger partial charge in [-0.1, -0.05) is 38.5 Å². The van der Waals surface area contributed by atoms with E-state index < -0.39 is 11.5 Å². The largest absolute Gasteiger partial charge is 0.391 e. The molecule has 5 heterocycles. The number of rotatable bonds is 0. The molecule has 19 unspecified atom stereocenters. The molecular formula is C32H54Cl2N8O. The summed E-state index contributed by atoms with van der Waals surface area (Å²) in [6.07, 6.45) is 17.7. The number of aliphatic hydroxyl groups excluding tert-OH is 1. The average molecular weight is 638 g/mol. The minimum Gasteiger partial charge on any atom is -0.391 e. The van der Waals surface area contributed by atoms with Gasteiger partial charge in [-0.25, -0.2) is 0 Å². The third-order valence-electron chi connectivity index (χ3n) is 13.9. The molecule has 9 aliphatic rings. The molecule has 0 radical (unpaired) electrons. The van der Waals surface area contributed by atoms with Crippen molar-refractivity contribution in [3.05, 3.63) is 0 Å². The van der Waals surface area contributed by atoms with Gasteiger partial charge in [0.15, 0.2) is 0 Å². The van der Waals surface area contributed by atoms with Crippen molar-refractivity contribution >= 4 is 23.2 Å². The van der Waals surface area contributed by atoms with Crippen LogP contribution in [0.1, 0.15) is 83.5 Å². The molecular weight excluding hydrogens is 583 g/mol. The molecule has 4 aliphatic carbocycles. The van der Waals surface area contributed by atoms with Crippen LogP contribution in [0.5, 0.6) is 0 Å². The quantitative estimate of drug-likeness (QED) is 0.184. The molecule has 5 saturated heterocycles. The summed E-state index contributed by atoms with van der Waals surface area (Å²) in [4.78, 5) is 0. The van der Waals surface area contributed by atoms with Crippen molar-refractivity contribution in [2.75, 3.05) is 0 Å². The van der Waals surface area contributed by atoms with Crippen molar-refractivity contribution in [1.29, 1.82) is 0 Å². The van der Waals surface area contributed by atoms with Crippen molar-refractivity contribution in [3.63, 3.8) is 0 Å². The van der Waals surface area contributed by atoms with Crippen molar-refractivity contribution in [1.82, 2.24) is 42.5 Å². The molecule has 19 atom stereocenters. The zero-order valence-electron chi connectivity index (χ0n) is 25.4. The fourth-order valence-electron chi connectivity index (χ4n) is 12.0. The molecule has 9 N–H and O–H groups in total. The SMILES string of the molecule is OC1C(Cl)C(Cl)CC2C3NC4NC(NC5NC(NC6NC(NC(N3)C12)C1CCCCC61)C1CCCCC51)C1CCCCC41. The predicted octanol–water partition coefficient (Wildman–Crippen LogP) is 2.01. The molecule has 9 nitrogen and oxygen atoms in total. The van der Waals surface area contributed by atoms with Crippen LogP contribution in [0.2, 0.25) is 0 Å². The van der Waals surface area contributed by atoms with E-state index in [-0.39, 0.29) is 41.9 Å². The Labute approximate surface area is 267 Å². The highest BCUT2D eigenvalue weighted by atomic mass is 35.5. The van der Waals surface area contributed by atoms with Gasteiger partial charge in [-0.3, -0.25) is 42.5 Å². The Kier molecular flexibility index (Phi) is 8.01. The minimum absolute atomic E-state index is 0.0136. The first-order valence-electron chi connectivity index (χ1n) is 18.1. The van der Waals surface area contributed by atoms with Crippen LogP contribution in [0.15, 0.2) is 0 Å². The third-order valence-corrected chi connectivity index (χ3v) is 15.1. The number of hydrogen-bond acceptors (Lipinski definition) is 9. The summed E-state index contributed by atoms with van der Waals surface area (Å²) in [7, 11) is 0. The van der Waals surface area contributed by atoms with E-state index in [0.717, 1.165) is 6.42 Å². The van der Waals surface area contributed by atoms with Gasteiger partial charge in [0.1, 0.15) is 0 Å². The maximum Gasteiger partial charge on any atom is 0.0777 e. The van der Waals surface area contributed by atoms with Crippen molar-refractivity contribution in [2.45, 2.75) is 150 Å². The second-order valence-electron chi connectivity index (χ2n) is 15.9. The Morgan fingerprint density at radius 3 is 1.00 bits per heavy atom. The first-order valence-corrected chi connectivity index (χ1v) is 19.0. The van der Waals surface area contributed by atoms with Crippen LogP contribution >= 0.6 is 23.2 Å². The molecule has 0 spiro atoms. The van der Waals surface area contributed by atoms with Gasteiger partial charge in [-0.15, -0.1) is 23.2 Å². The van der Waals surface area contributed by atoms with Gasteiger partial charge in [0.05, 0.1) is 66.2 Å². The van der Waals surface area contributed by atoms with Crippen LogP contribution < -0.4 is 42.5 Å². The van der Waals surface area contributed by atoms with Crippen LogP contribution in [0.3, 0.4) is 0 Å². The highest BCUT2D eigenvalue weighted by molar-refractivity contribution is 6.30. The van der Waals surface area contributed by atoms with Crippen LogP contribution in [0, 0.1) is 47.3 Å². The fourth-order valence-corrected chi connectivity index (χ4v) is 12.6. The minimum atomic E-state index is -0.643. The number of aliphatic hydroxyl groups is 1. The summed E-state index contributed by atoms with van der Waals surface area (Å²) in [6.45, 7) is 0. The van der Waals surface area contributed by atoms with Gasteiger partial charge in [0.25, 0.3) is 0 Å². The Hall–Kier alpha value is 0.220. The zero-order chi connectivity index (χ0) is 28.8. The number of halogens is 2. The lowest BCUT2D eigenvalue weighted by Crippen LogP contribution is -2.62. The number of hydrogen-bond donors (Lipinski definition) is 9. The lowest BCUT2D eigenvalue weighted by molar-refractivity contribution is 0.0296. The molecule has 9 fully saturated rings. The summed E-state index contributed by atoms with van der Waals surface area (Å²) in [5, 5.41) is 43.8. The van der Waals surface area contributed by atoms with Crippen LogP contribution in [-0.2, 0) is 0 Å². The fraction of sp³-hybridized carbons (Fsp3) is 1.00. The van der Waals surface area contributed by atoms with Gasteiger partial charge >= 0.3 is 0 Å². The average Bonchev–Trinajstić information content (AvgIpc) is 3.75. The normalized spacial score (nSPS) is 59.7.